The summed E-state index contributed by atoms with van der Waals surface area (Å²) in [6, 6.07) is 121. The van der Waals surface area contributed by atoms with E-state index >= 15 is 0 Å². The van der Waals surface area contributed by atoms with Gasteiger partial charge in [-0.25, -0.2) is 22.7 Å². The Hall–Kier alpha value is -11.7. The van der Waals surface area contributed by atoms with Gasteiger partial charge in [-0.1, -0.05) is 150 Å². The smallest absolute Gasteiger partial charge is 0.512 e. The third-order valence-electron chi connectivity index (χ3n) is 17.6. The number of ketones is 3. The summed E-state index contributed by atoms with van der Waals surface area (Å²) in [5.74, 6) is -0.187. The molecule has 3 N–H and O–H groups in total. The predicted molar refractivity (Wildman–Crippen MR) is 514 cm³/mol. The first-order chi connectivity index (χ1) is 62.0. The summed E-state index contributed by atoms with van der Waals surface area (Å²) < 4.78 is 1.26. The molecule has 0 aliphatic heterocycles. The number of hydrogen-bond donors (Lipinski definition) is 3. The Kier molecular flexibility index (Phi) is 54.8. The van der Waals surface area contributed by atoms with Gasteiger partial charge < -0.3 is 40.2 Å². The van der Waals surface area contributed by atoms with Crippen LogP contribution in [-0.4, -0.2) is 82.5 Å². The van der Waals surface area contributed by atoms with Crippen molar-refractivity contribution in [3.63, 3.8) is 0 Å². The molecule has 10 heterocycles. The van der Waals surface area contributed by atoms with Crippen LogP contribution in [0, 0.1) is 36.4 Å². The Morgan fingerprint density at radius 2 is 0.692 bits per heavy atom. The molecular weight excluding hydrogens is 2670 g/mol. The summed E-state index contributed by atoms with van der Waals surface area (Å²) in [7, 11) is 0. The van der Waals surface area contributed by atoms with E-state index in [0.29, 0.717) is 0 Å². The van der Waals surface area contributed by atoms with E-state index in [1.165, 1.54) is 99.2 Å². The van der Waals surface area contributed by atoms with Crippen LogP contribution in [0.5, 0.6) is 0 Å². The minimum Gasteiger partial charge on any atom is -0.512 e. The summed E-state index contributed by atoms with van der Waals surface area (Å²) in [5, 5.41) is 30.6. The number of pyridine rings is 6. The third kappa shape index (κ3) is 39.9. The number of aliphatic hydroxyl groups is 3. The molecule has 24 heteroatoms. The van der Waals surface area contributed by atoms with E-state index in [9.17, 15) is 14.4 Å². The molecule has 1 aliphatic carbocycles. The van der Waals surface area contributed by atoms with Crippen molar-refractivity contribution in [1.29, 1.82) is 0 Å². The Morgan fingerprint density at radius 3 is 1.11 bits per heavy atom. The van der Waals surface area contributed by atoms with Crippen molar-refractivity contribution in [1.82, 2.24) is 49.8 Å². The van der Waals surface area contributed by atoms with Crippen LogP contribution in [-0.2, 0) is 148 Å². The number of benzene rings is 8. The van der Waals surface area contributed by atoms with Gasteiger partial charge in [-0.3, -0.25) is 39.3 Å². The summed E-state index contributed by atoms with van der Waals surface area (Å²) in [5.41, 5.74) is 18.1. The molecule has 8 aromatic carbocycles. The zero-order chi connectivity index (χ0) is 89.4. The predicted octanol–water partition coefficient (Wildman–Crippen LogP) is 26.0. The molecule has 0 spiro atoms. The van der Waals surface area contributed by atoms with Crippen molar-refractivity contribution in [2.45, 2.75) is 67.2 Å². The van der Waals surface area contributed by atoms with E-state index < -0.39 is 0 Å². The first-order valence-electron chi connectivity index (χ1n) is 40.6. The van der Waals surface area contributed by atoms with Crippen LogP contribution in [0.25, 0.3) is 121 Å². The molecule has 0 saturated carbocycles. The van der Waals surface area contributed by atoms with Crippen molar-refractivity contribution in [3.8, 4) is 100 Å². The Balaban J connectivity index is 0.000000314. The Labute approximate surface area is 867 Å². The van der Waals surface area contributed by atoms with E-state index in [-0.39, 0.29) is 156 Å². The fourth-order valence-corrected chi connectivity index (χ4v) is 13.8. The van der Waals surface area contributed by atoms with E-state index in [2.05, 4.69) is 137 Å². The molecule has 19 rings (SSSR count). The molecule has 0 atom stereocenters. The molecule has 5 radical (unpaired) electrons. The molecule has 16 nitrogen and oxygen atoms in total. The van der Waals surface area contributed by atoms with Gasteiger partial charge in [0.25, 0.3) is 0 Å². The fourth-order valence-electron chi connectivity index (χ4n) is 12.2. The molecule has 0 unspecified atom stereocenters. The average Bonchev–Trinajstić information content (AvgIpc) is 1.74. The number of aryl methyl sites for hydroxylation is 2. The summed E-state index contributed by atoms with van der Waals surface area (Å²) >= 11 is 3.39. The molecule has 18 aromatic rings. The van der Waals surface area contributed by atoms with Crippen molar-refractivity contribution >= 4 is 60.9 Å². The number of fused-ring (bicyclic) bond motifs is 3. The van der Waals surface area contributed by atoms with Gasteiger partial charge in [-0.15, -0.1) is 173 Å². The van der Waals surface area contributed by atoms with Crippen LogP contribution in [0.1, 0.15) is 65.8 Å². The monoisotopic (exact) mass is 2770 g/mol. The van der Waals surface area contributed by atoms with E-state index in [1.54, 1.807) is 59.9 Å². The van der Waals surface area contributed by atoms with Crippen LogP contribution < -0.4 is 0 Å². The number of rotatable bonds is 12. The Bertz CT molecular complexity index is 6040. The quantitative estimate of drug-likeness (QED) is 0.0446. The van der Waals surface area contributed by atoms with Gasteiger partial charge in [0.2, 0.25) is 0 Å². The maximum atomic E-state index is 10.0. The third-order valence-corrected chi connectivity index (χ3v) is 19.5. The minimum atomic E-state index is -0.125. The second-order valence-corrected chi connectivity index (χ2v) is 29.7. The van der Waals surface area contributed by atoms with Crippen LogP contribution in [0.3, 0.4) is 0 Å². The zero-order valence-corrected chi connectivity index (χ0v) is 88.3. The normalized spacial score (nSPS) is 10.5. The molecule has 133 heavy (non-hydrogen) atoms. The maximum Gasteiger partial charge on any atom is 1.00 e. The van der Waals surface area contributed by atoms with Gasteiger partial charge in [-0.2, -0.15) is 12.1 Å². The van der Waals surface area contributed by atoms with Gasteiger partial charge in [0.1, 0.15) is 0 Å². The second-order valence-electron chi connectivity index (χ2n) is 27.7. The molecule has 685 valence electrons. The summed E-state index contributed by atoms with van der Waals surface area (Å²) in [6.45, 7) is 8.54. The standard InChI is InChI=1S/C20H17N2.C16H11N2.C15H10N.C13H8NS.C11H8N.C10H8N2.C9H6NS.3C5H8O2.4Ir.Pt.Ru/c1-3-9-15(10-4-1)19-20(16-11-5-2-6-12-16)22-18-14-8-7-13-17(18)21-19;1-3-7-13(8-4-1)15-16(18-12-11-17-15)14-9-5-2-6-10-14;1-2-7-13(8-3-1)15-14-9-5-4-6-12(14)10-11-16-15;1-2-7-12-10(5-1)9-13(15-12)11-6-3-4-8-14-11;1-2-6-10(7-3-1)11-8-4-5-9-12-11;1-3-7-11-9(5-1)10-6-2-4-8-12-10;1-2-6-10-8(4-1)9-5-3-7-11-9;3*1-4(6)3-5(2)7;;;;;;/h1-6,9-11H,7-8,13-14H2;1-9,11-12H;1-7,9-11H;1-8H;1-6,8-9H;1-8H;1-4,6-7H;3*3,6H,1-2H3;;;;;;/q5*-1;;-1;;;;;;;;;+1. The summed E-state index contributed by atoms with van der Waals surface area (Å²) in [4.78, 5) is 76.6. The van der Waals surface area contributed by atoms with Crippen LogP contribution in [0.4, 0.5) is 0 Å². The minimum absolute atomic E-state index is 0. The first-order valence-corrected chi connectivity index (χ1v) is 42.3. The number of thiophene rings is 2. The number of aromatic nitrogens is 10. The van der Waals surface area contributed by atoms with Gasteiger partial charge in [0.05, 0.1) is 51.4 Å². The second kappa shape index (κ2) is 64.2. The SMILES string of the molecule is CC(=O)C=C(C)O.CC(=O)C=C(C)O.CC(=O)C=C(C)O.[Ir].[Ir].[Ir].[Ir].[Pt].[Ru+].[c-]1c(-c2ccccn2)sc2ccccc12.[c-]1ccccc1-c1ccccn1.[c-]1ccccc1-c1nc2c(nc1-c1ccccc1)CCCC2.[c-]1ccccc1-c1nccc2ccccc12.[c-]1ccccc1-c1nccnc1-c1ccccc1.[c-]1ccsc1-c1ccccn1.c1ccc(-c2ccccn2)nc1. The number of nitrogens with zero attached hydrogens (tertiary/aromatic N) is 10. The molecule has 1 aliphatic rings. The van der Waals surface area contributed by atoms with Crippen molar-refractivity contribution in [3.05, 3.63) is 448 Å². The molecule has 0 bridgehead atoms. The van der Waals surface area contributed by atoms with E-state index in [1.807, 2.05) is 266 Å². The number of aliphatic hydroxyl groups excluding tert-OH is 3. The van der Waals surface area contributed by atoms with Crippen LogP contribution in [0.2, 0.25) is 0 Å². The van der Waals surface area contributed by atoms with Crippen molar-refractivity contribution < 1.29 is 151 Å². The molecule has 10 aromatic heterocycles. The number of allylic oxidation sites excluding steroid dienone is 6. The molecule has 0 amide bonds. The van der Waals surface area contributed by atoms with Gasteiger partial charge in [0.15, 0.2) is 17.3 Å². The number of carbonyl (C=O) groups excluding carboxylic acids is 3. The number of hydrogen-bond acceptors (Lipinski definition) is 18. The van der Waals surface area contributed by atoms with Crippen molar-refractivity contribution in [2.75, 3.05) is 0 Å². The van der Waals surface area contributed by atoms with Crippen LogP contribution >= 0.6 is 22.7 Å². The van der Waals surface area contributed by atoms with Gasteiger partial charge >= 0.3 is 19.5 Å². The largest absolute Gasteiger partial charge is 1.00 e. The zero-order valence-electron chi connectivity index (χ0n) is 73.1. The molecule has 0 fully saturated rings. The Morgan fingerprint density at radius 1 is 0.323 bits per heavy atom. The topological polar surface area (TPSA) is 241 Å². The average molecular weight is 2770 g/mol. The number of carbonyl (C=O) groups is 3. The first kappa shape index (κ1) is 114. The summed E-state index contributed by atoms with van der Waals surface area (Å²) in [6.07, 6.45) is 22.2. The van der Waals surface area contributed by atoms with Gasteiger partial charge in [0, 0.05) is 186 Å². The van der Waals surface area contributed by atoms with Crippen LogP contribution in [0.15, 0.2) is 400 Å². The molecule has 0 saturated heterocycles. The van der Waals surface area contributed by atoms with Crippen molar-refractivity contribution in [2.24, 2.45) is 0 Å². The van der Waals surface area contributed by atoms with E-state index in [4.69, 9.17) is 25.3 Å². The van der Waals surface area contributed by atoms with Gasteiger partial charge in [-0.05, 0) is 164 Å². The fraction of sp³-hybridized carbons (Fsp3) is 0.0917. The van der Waals surface area contributed by atoms with E-state index in [0.717, 1.165) is 119 Å². The molecular formula is C109H92Ir4N10O6PtRuS2-5. The maximum absolute atomic E-state index is 10.0.